The summed E-state index contributed by atoms with van der Waals surface area (Å²) < 4.78 is 29.4. The van der Waals surface area contributed by atoms with E-state index in [0.29, 0.717) is 19.4 Å². The van der Waals surface area contributed by atoms with Crippen LogP contribution in [0.15, 0.2) is 0 Å². The highest BCUT2D eigenvalue weighted by molar-refractivity contribution is 5.69. The zero-order valence-corrected chi connectivity index (χ0v) is 25.9. The molecule has 13 atom stereocenters. The number of hydrogen-bond acceptors (Lipinski definition) is 9. The largest absolute Gasteiger partial charge is 0.466 e. The molecule has 9 nitrogen and oxygen atoms in total. The lowest BCUT2D eigenvalue weighted by Gasteiger charge is -2.64. The van der Waals surface area contributed by atoms with E-state index in [1.165, 1.54) is 13.8 Å². The number of aliphatic hydroxyl groups is 1. The zero-order chi connectivity index (χ0) is 29.9. The average molecular weight is 579 g/mol. The number of ether oxygens (including phenoxy) is 5. The zero-order valence-electron chi connectivity index (χ0n) is 25.9. The first-order chi connectivity index (χ1) is 19.2. The molecule has 0 spiro atoms. The summed E-state index contributed by atoms with van der Waals surface area (Å²) in [4.78, 5) is 37.2. The minimum absolute atomic E-state index is 0.124. The molecule has 0 aromatic rings. The fourth-order valence-corrected chi connectivity index (χ4v) is 10.4. The first-order valence-electron chi connectivity index (χ1n) is 15.8. The van der Waals surface area contributed by atoms with E-state index in [1.54, 1.807) is 6.92 Å². The maximum absolute atomic E-state index is 12.5. The Morgan fingerprint density at radius 1 is 0.951 bits per heavy atom. The summed E-state index contributed by atoms with van der Waals surface area (Å²) >= 11 is 0. The molecule has 9 heteroatoms. The summed E-state index contributed by atoms with van der Waals surface area (Å²) in [5.41, 5.74) is -0.462. The van der Waals surface area contributed by atoms with Gasteiger partial charge in [0.1, 0.15) is 12.2 Å². The van der Waals surface area contributed by atoms with Crippen LogP contribution in [0.3, 0.4) is 0 Å². The molecule has 1 saturated heterocycles. The van der Waals surface area contributed by atoms with Crippen molar-refractivity contribution in [1.29, 1.82) is 0 Å². The van der Waals surface area contributed by atoms with Gasteiger partial charge in [0.15, 0.2) is 0 Å². The van der Waals surface area contributed by atoms with E-state index >= 15 is 0 Å². The summed E-state index contributed by atoms with van der Waals surface area (Å²) in [7, 11) is 0. The molecule has 1 aliphatic heterocycles. The number of esters is 3. The number of rotatable bonds is 7. The van der Waals surface area contributed by atoms with Crippen molar-refractivity contribution < 1.29 is 43.2 Å². The van der Waals surface area contributed by atoms with Crippen molar-refractivity contribution in [2.24, 2.45) is 46.3 Å². The van der Waals surface area contributed by atoms with E-state index in [-0.39, 0.29) is 88.7 Å². The van der Waals surface area contributed by atoms with E-state index in [2.05, 4.69) is 20.8 Å². The smallest absolute Gasteiger partial charge is 0.305 e. The summed E-state index contributed by atoms with van der Waals surface area (Å²) in [6.45, 7) is 13.5. The van der Waals surface area contributed by atoms with Gasteiger partial charge in [-0.25, -0.2) is 0 Å². The lowest BCUT2D eigenvalue weighted by Crippen LogP contribution is -2.64. The van der Waals surface area contributed by atoms with Crippen LogP contribution in [-0.2, 0) is 38.1 Å². The van der Waals surface area contributed by atoms with Crippen LogP contribution < -0.4 is 0 Å². The molecule has 232 valence electrons. The Morgan fingerprint density at radius 3 is 2.29 bits per heavy atom. The van der Waals surface area contributed by atoms with E-state index in [1.807, 2.05) is 6.92 Å². The van der Waals surface area contributed by atoms with Crippen molar-refractivity contribution in [2.45, 2.75) is 130 Å². The topological polar surface area (TPSA) is 118 Å². The predicted molar refractivity (Wildman–Crippen MR) is 148 cm³/mol. The third-order valence-electron chi connectivity index (χ3n) is 11.9. The molecule has 4 aliphatic carbocycles. The summed E-state index contributed by atoms with van der Waals surface area (Å²) in [5.74, 6) is -1.13. The van der Waals surface area contributed by atoms with Crippen molar-refractivity contribution in [3.05, 3.63) is 0 Å². The number of fused-ring (bicyclic) bond motifs is 6. The normalized spacial score (nSPS) is 47.3. The monoisotopic (exact) mass is 578 g/mol. The van der Waals surface area contributed by atoms with Gasteiger partial charge in [0.05, 0.1) is 18.8 Å². The van der Waals surface area contributed by atoms with Crippen molar-refractivity contribution >= 4 is 17.9 Å². The number of hydrogen-bond donors (Lipinski definition) is 1. The lowest BCUT2D eigenvalue weighted by molar-refractivity contribution is -0.303. The Morgan fingerprint density at radius 2 is 1.63 bits per heavy atom. The molecular weight excluding hydrogens is 528 g/mol. The molecule has 0 aromatic heterocycles. The summed E-state index contributed by atoms with van der Waals surface area (Å²) in [6, 6.07) is 0. The van der Waals surface area contributed by atoms with Crippen molar-refractivity contribution in [1.82, 2.24) is 0 Å². The lowest BCUT2D eigenvalue weighted by atomic mass is 9.42. The second-order valence-corrected chi connectivity index (χ2v) is 14.2. The molecule has 0 bridgehead atoms. The van der Waals surface area contributed by atoms with Crippen LogP contribution in [0.2, 0.25) is 0 Å². The molecule has 4 saturated carbocycles. The van der Waals surface area contributed by atoms with Gasteiger partial charge in [-0.05, 0) is 86.9 Å². The van der Waals surface area contributed by atoms with Crippen LogP contribution in [-0.4, -0.2) is 60.0 Å². The molecule has 41 heavy (non-hydrogen) atoms. The molecule has 1 heterocycles. The highest BCUT2D eigenvalue weighted by Crippen LogP contribution is 2.70. The molecular formula is C32H50O9. The van der Waals surface area contributed by atoms with Crippen LogP contribution in [0, 0.1) is 46.3 Å². The highest BCUT2D eigenvalue weighted by atomic mass is 16.9. The Balaban J connectivity index is 1.49. The third kappa shape index (κ3) is 5.44. The number of carbonyl (C=O) groups is 3. The fourth-order valence-electron chi connectivity index (χ4n) is 10.4. The molecule has 0 aromatic carbocycles. The minimum Gasteiger partial charge on any atom is -0.466 e. The number of carbonyl (C=O) groups excluding carboxylic acids is 3. The van der Waals surface area contributed by atoms with Crippen molar-refractivity contribution in [2.75, 3.05) is 6.61 Å². The van der Waals surface area contributed by atoms with Crippen LogP contribution in [0.5, 0.6) is 0 Å². The van der Waals surface area contributed by atoms with E-state index in [0.717, 1.165) is 38.5 Å². The van der Waals surface area contributed by atoms with Gasteiger partial charge in [-0.3, -0.25) is 14.4 Å². The van der Waals surface area contributed by atoms with Crippen LogP contribution in [0.4, 0.5) is 0 Å². The van der Waals surface area contributed by atoms with Gasteiger partial charge in [0.25, 0.3) is 5.97 Å². The van der Waals surface area contributed by atoms with Gasteiger partial charge in [0.2, 0.25) is 0 Å². The summed E-state index contributed by atoms with van der Waals surface area (Å²) in [5, 5.41) is 10.5. The average Bonchev–Trinajstić information content (AvgIpc) is 3.36. The van der Waals surface area contributed by atoms with Gasteiger partial charge >= 0.3 is 17.9 Å². The Bertz CT molecular complexity index is 1030. The molecule has 5 aliphatic rings. The molecule has 0 radical (unpaired) electrons. The minimum atomic E-state index is -1.60. The van der Waals surface area contributed by atoms with E-state index < -0.39 is 5.97 Å². The molecule has 1 N–H and O–H groups in total. The molecule has 2 unspecified atom stereocenters. The quantitative estimate of drug-likeness (QED) is 0.337. The van der Waals surface area contributed by atoms with Gasteiger partial charge in [-0.15, -0.1) is 0 Å². The van der Waals surface area contributed by atoms with Crippen molar-refractivity contribution in [3.63, 3.8) is 0 Å². The standard InChI is InChI=1S/C32H50O9/c1-8-37-28(35)12-9-17(2)21-10-11-22-29-23(15-27(31(21,22)6)39-19(4)34)30(5)16-26-24(40-32(7,36)41-26)13-20(30)14-25(29)38-18(3)33/h17,20-27,29,36H,8-16H2,1-7H3/t17-,20+,21?,22+,23+,24+,25-,26-,27+,29+,30+,31-,32?/m1/s1. The summed E-state index contributed by atoms with van der Waals surface area (Å²) in [6.07, 6.45) is 5.02. The Labute approximate surface area is 244 Å². The first kappa shape index (κ1) is 30.7. The fraction of sp³-hybridized carbons (Fsp3) is 0.906. The van der Waals surface area contributed by atoms with Crippen LogP contribution in [0.1, 0.15) is 99.8 Å². The highest BCUT2D eigenvalue weighted by Gasteiger charge is 2.69. The van der Waals surface area contributed by atoms with Crippen LogP contribution in [0.25, 0.3) is 0 Å². The van der Waals surface area contributed by atoms with Crippen molar-refractivity contribution in [3.8, 4) is 0 Å². The van der Waals surface area contributed by atoms with Crippen LogP contribution >= 0.6 is 0 Å². The van der Waals surface area contributed by atoms with Gasteiger partial charge < -0.3 is 28.8 Å². The first-order valence-corrected chi connectivity index (χ1v) is 15.8. The molecule has 5 fully saturated rings. The van der Waals surface area contributed by atoms with Gasteiger partial charge in [-0.1, -0.05) is 20.8 Å². The maximum Gasteiger partial charge on any atom is 0.305 e. The molecule has 5 rings (SSSR count). The Kier molecular flexibility index (Phi) is 8.31. The van der Waals surface area contributed by atoms with Gasteiger partial charge in [-0.2, -0.15) is 0 Å². The second kappa shape index (κ2) is 11.1. The third-order valence-corrected chi connectivity index (χ3v) is 11.9. The van der Waals surface area contributed by atoms with E-state index in [4.69, 9.17) is 23.7 Å². The molecule has 0 amide bonds. The second-order valence-electron chi connectivity index (χ2n) is 14.2. The van der Waals surface area contributed by atoms with E-state index in [9.17, 15) is 19.5 Å². The SMILES string of the molecule is CCOC(=O)CC[C@@H](C)C1CC[C@H]2[C@@H]3[C@H](OC(C)=O)C[C@@H]4C[C@@H]5OC(C)(O)O[C@@H]5C[C@]4(C)[C@H]3C[C@H](OC(C)=O)[C@]12C. The Hall–Kier alpha value is -1.71. The maximum atomic E-state index is 12.5. The van der Waals surface area contributed by atoms with Gasteiger partial charge in [0, 0.05) is 38.5 Å². The predicted octanol–water partition coefficient (Wildman–Crippen LogP) is 4.77.